The van der Waals surface area contributed by atoms with Crippen LogP contribution in [0.4, 0.5) is 0 Å². The molecule has 86 valence electrons. The highest BCUT2D eigenvalue weighted by atomic mass is 35.5. The maximum Gasteiger partial charge on any atom is 0.0470 e. The van der Waals surface area contributed by atoms with Gasteiger partial charge in [-0.2, -0.15) is 0 Å². The standard InChI is InChI=1S/C15H19Cl/c1-10-5-6-11-12(14(10)16)7-9-15(2)8-3-4-13(11)15/h5-6,13H,3-4,7-9H2,1-2H3/t13-,15-/m1/s1. The SMILES string of the molecule is Cc1ccc2c(c1Cl)CC[C@@]1(C)CCC[C@H]21. The fourth-order valence-electron chi connectivity index (χ4n) is 3.81. The van der Waals surface area contributed by atoms with E-state index in [0.29, 0.717) is 5.41 Å². The minimum atomic E-state index is 0.561. The Hall–Kier alpha value is -0.490. The molecule has 2 aliphatic rings. The molecule has 0 aromatic heterocycles. The lowest BCUT2D eigenvalue weighted by Crippen LogP contribution is -2.26. The van der Waals surface area contributed by atoms with E-state index in [1.54, 1.807) is 5.56 Å². The largest absolute Gasteiger partial charge is 0.0837 e. The Morgan fingerprint density at radius 1 is 1.31 bits per heavy atom. The predicted octanol–water partition coefficient (Wildman–Crippen LogP) is 4.87. The zero-order valence-electron chi connectivity index (χ0n) is 10.1. The first-order valence-electron chi connectivity index (χ1n) is 6.40. The minimum Gasteiger partial charge on any atom is -0.0837 e. The van der Waals surface area contributed by atoms with Crippen LogP contribution in [0.25, 0.3) is 0 Å². The van der Waals surface area contributed by atoms with Gasteiger partial charge in [-0.25, -0.2) is 0 Å². The molecular weight excluding hydrogens is 216 g/mol. The normalized spacial score (nSPS) is 32.3. The van der Waals surface area contributed by atoms with E-state index in [1.165, 1.54) is 43.2 Å². The van der Waals surface area contributed by atoms with Gasteiger partial charge in [0.25, 0.3) is 0 Å². The fraction of sp³-hybridized carbons (Fsp3) is 0.600. The highest BCUT2D eigenvalue weighted by Crippen LogP contribution is 2.56. The van der Waals surface area contributed by atoms with Crippen molar-refractivity contribution in [3.63, 3.8) is 0 Å². The average Bonchev–Trinajstić information content (AvgIpc) is 2.65. The van der Waals surface area contributed by atoms with E-state index < -0.39 is 0 Å². The van der Waals surface area contributed by atoms with Crippen LogP contribution in [0.2, 0.25) is 5.02 Å². The Morgan fingerprint density at radius 3 is 2.94 bits per heavy atom. The smallest absolute Gasteiger partial charge is 0.0470 e. The van der Waals surface area contributed by atoms with E-state index in [1.807, 2.05) is 0 Å². The van der Waals surface area contributed by atoms with Crippen molar-refractivity contribution in [1.29, 1.82) is 0 Å². The van der Waals surface area contributed by atoms with Gasteiger partial charge >= 0.3 is 0 Å². The lowest BCUT2D eigenvalue weighted by Gasteiger charge is -2.38. The van der Waals surface area contributed by atoms with Crippen molar-refractivity contribution >= 4 is 11.6 Å². The Kier molecular flexibility index (Phi) is 2.33. The molecule has 0 unspecified atom stereocenters. The summed E-state index contributed by atoms with van der Waals surface area (Å²) in [5, 5.41) is 1.03. The molecule has 0 heterocycles. The van der Waals surface area contributed by atoms with Crippen molar-refractivity contribution in [1.82, 2.24) is 0 Å². The zero-order chi connectivity index (χ0) is 11.3. The van der Waals surface area contributed by atoms with E-state index in [-0.39, 0.29) is 0 Å². The Bertz CT molecular complexity index is 435. The van der Waals surface area contributed by atoms with Crippen molar-refractivity contribution in [3.8, 4) is 0 Å². The van der Waals surface area contributed by atoms with Crippen LogP contribution in [-0.2, 0) is 6.42 Å². The molecule has 3 rings (SSSR count). The third-order valence-corrected chi connectivity index (χ3v) is 5.40. The van der Waals surface area contributed by atoms with Crippen LogP contribution in [0.5, 0.6) is 0 Å². The molecule has 16 heavy (non-hydrogen) atoms. The van der Waals surface area contributed by atoms with Crippen molar-refractivity contribution in [2.24, 2.45) is 5.41 Å². The van der Waals surface area contributed by atoms with Crippen LogP contribution in [0, 0.1) is 12.3 Å². The minimum absolute atomic E-state index is 0.561. The number of halogens is 1. The fourth-order valence-corrected chi connectivity index (χ4v) is 4.07. The highest BCUT2D eigenvalue weighted by Gasteiger charge is 2.43. The molecule has 1 fully saturated rings. The molecule has 1 heteroatoms. The van der Waals surface area contributed by atoms with E-state index >= 15 is 0 Å². The summed E-state index contributed by atoms with van der Waals surface area (Å²) in [7, 11) is 0. The van der Waals surface area contributed by atoms with E-state index in [9.17, 15) is 0 Å². The van der Waals surface area contributed by atoms with Gasteiger partial charge in [0.1, 0.15) is 0 Å². The van der Waals surface area contributed by atoms with Gasteiger partial charge in [0.2, 0.25) is 0 Å². The zero-order valence-corrected chi connectivity index (χ0v) is 10.9. The average molecular weight is 235 g/mol. The van der Waals surface area contributed by atoms with Crippen LogP contribution in [0.15, 0.2) is 12.1 Å². The summed E-state index contributed by atoms with van der Waals surface area (Å²) in [6.07, 6.45) is 6.67. The van der Waals surface area contributed by atoms with Gasteiger partial charge in [-0.3, -0.25) is 0 Å². The molecule has 1 aromatic carbocycles. The quantitative estimate of drug-likeness (QED) is 0.601. The molecule has 1 saturated carbocycles. The molecule has 1 aromatic rings. The molecule has 0 N–H and O–H groups in total. The third kappa shape index (κ3) is 1.35. The molecule has 0 spiro atoms. The molecule has 0 aliphatic heterocycles. The first-order valence-corrected chi connectivity index (χ1v) is 6.77. The van der Waals surface area contributed by atoms with Crippen molar-refractivity contribution in [2.75, 3.05) is 0 Å². The second kappa shape index (κ2) is 3.50. The lowest BCUT2D eigenvalue weighted by molar-refractivity contribution is 0.252. The maximum absolute atomic E-state index is 6.45. The number of benzene rings is 1. The first kappa shape index (κ1) is 10.7. The molecule has 0 bridgehead atoms. The molecule has 0 amide bonds. The summed E-state index contributed by atoms with van der Waals surface area (Å²) in [5.74, 6) is 0.773. The molecular formula is C15H19Cl. The lowest BCUT2D eigenvalue weighted by atomic mass is 9.67. The van der Waals surface area contributed by atoms with Gasteiger partial charge in [-0.1, -0.05) is 37.1 Å². The van der Waals surface area contributed by atoms with E-state index in [0.717, 1.165) is 10.9 Å². The molecule has 2 atom stereocenters. The topological polar surface area (TPSA) is 0 Å². The molecule has 0 saturated heterocycles. The number of hydrogen-bond donors (Lipinski definition) is 0. The predicted molar refractivity (Wildman–Crippen MR) is 69.2 cm³/mol. The Morgan fingerprint density at radius 2 is 2.12 bits per heavy atom. The summed E-state index contributed by atoms with van der Waals surface area (Å²) >= 11 is 6.45. The van der Waals surface area contributed by atoms with Gasteiger partial charge in [-0.05, 0) is 60.6 Å². The Balaban J connectivity index is 2.14. The van der Waals surface area contributed by atoms with E-state index in [2.05, 4.69) is 26.0 Å². The number of hydrogen-bond acceptors (Lipinski definition) is 0. The third-order valence-electron chi connectivity index (χ3n) is 4.88. The summed E-state index contributed by atoms with van der Waals surface area (Å²) in [6.45, 7) is 4.59. The van der Waals surface area contributed by atoms with Gasteiger partial charge < -0.3 is 0 Å². The van der Waals surface area contributed by atoms with Crippen molar-refractivity contribution in [2.45, 2.75) is 51.9 Å². The Labute approximate surface area is 103 Å². The summed E-state index contributed by atoms with van der Waals surface area (Å²) in [4.78, 5) is 0. The summed E-state index contributed by atoms with van der Waals surface area (Å²) < 4.78 is 0. The van der Waals surface area contributed by atoms with Crippen molar-refractivity contribution < 1.29 is 0 Å². The van der Waals surface area contributed by atoms with Crippen LogP contribution >= 0.6 is 11.6 Å². The second-order valence-electron chi connectivity index (χ2n) is 5.86. The number of rotatable bonds is 0. The van der Waals surface area contributed by atoms with Gasteiger partial charge in [0.05, 0.1) is 0 Å². The van der Waals surface area contributed by atoms with Crippen molar-refractivity contribution in [3.05, 3.63) is 33.8 Å². The molecule has 2 aliphatic carbocycles. The van der Waals surface area contributed by atoms with Crippen LogP contribution < -0.4 is 0 Å². The maximum atomic E-state index is 6.45. The summed E-state index contributed by atoms with van der Waals surface area (Å²) in [5.41, 5.74) is 4.81. The van der Waals surface area contributed by atoms with Gasteiger partial charge in [-0.15, -0.1) is 0 Å². The monoisotopic (exact) mass is 234 g/mol. The van der Waals surface area contributed by atoms with Gasteiger partial charge in [0, 0.05) is 5.02 Å². The molecule has 0 nitrogen and oxygen atoms in total. The molecule has 0 radical (unpaired) electrons. The van der Waals surface area contributed by atoms with E-state index in [4.69, 9.17) is 11.6 Å². The number of fused-ring (bicyclic) bond motifs is 3. The van der Waals surface area contributed by atoms with Crippen LogP contribution in [0.1, 0.15) is 55.2 Å². The first-order chi connectivity index (χ1) is 7.62. The highest BCUT2D eigenvalue weighted by molar-refractivity contribution is 6.32. The van der Waals surface area contributed by atoms with Crippen LogP contribution in [-0.4, -0.2) is 0 Å². The van der Waals surface area contributed by atoms with Crippen LogP contribution in [0.3, 0.4) is 0 Å². The summed E-state index contributed by atoms with van der Waals surface area (Å²) in [6, 6.07) is 4.54. The number of aryl methyl sites for hydroxylation is 1. The van der Waals surface area contributed by atoms with Gasteiger partial charge in [0.15, 0.2) is 0 Å². The second-order valence-corrected chi connectivity index (χ2v) is 6.24.